The minimum atomic E-state index is -0.903. The zero-order valence-corrected chi connectivity index (χ0v) is 17.7. The van der Waals surface area contributed by atoms with Gasteiger partial charge in [0.05, 0.1) is 11.3 Å². The van der Waals surface area contributed by atoms with Crippen LogP contribution in [-0.2, 0) is 16.0 Å². The van der Waals surface area contributed by atoms with E-state index in [1.165, 1.54) is 7.05 Å². The van der Waals surface area contributed by atoms with Crippen LogP contribution in [0.25, 0.3) is 10.8 Å². The number of nitrogens with zero attached hydrogens (tertiary/aromatic N) is 2. The molecule has 0 aliphatic carbocycles. The van der Waals surface area contributed by atoms with Crippen molar-refractivity contribution < 1.29 is 19.5 Å². The fraction of sp³-hybridized carbons (Fsp3) is 0.208. The Hall–Kier alpha value is -3.71. The second-order valence-electron chi connectivity index (χ2n) is 7.27. The van der Waals surface area contributed by atoms with Crippen LogP contribution in [0.3, 0.4) is 0 Å². The molecule has 0 saturated carbocycles. The number of para-hydroxylation sites is 1. The smallest absolute Gasteiger partial charge is 0.321 e. The molecule has 0 bridgehead atoms. The maximum Gasteiger partial charge on any atom is 0.321 e. The normalized spacial score (nSPS) is 11.7. The number of fused-ring (bicyclic) bond motifs is 1. The second-order valence-corrected chi connectivity index (χ2v) is 7.27. The van der Waals surface area contributed by atoms with Crippen molar-refractivity contribution in [1.29, 1.82) is 0 Å². The molecule has 7 heteroatoms. The molecule has 1 atom stereocenters. The van der Waals surface area contributed by atoms with Crippen molar-refractivity contribution in [1.82, 2.24) is 10.2 Å². The molecule has 0 aromatic heterocycles. The Kier molecular flexibility index (Phi) is 6.67. The van der Waals surface area contributed by atoms with Gasteiger partial charge in [0.15, 0.2) is 0 Å². The van der Waals surface area contributed by atoms with Crippen LogP contribution >= 0.6 is 0 Å². The predicted octanol–water partition coefficient (Wildman–Crippen LogP) is 3.05. The largest absolute Gasteiger partial charge is 0.480 e. The van der Waals surface area contributed by atoms with Crippen molar-refractivity contribution in [2.45, 2.75) is 12.5 Å². The predicted molar refractivity (Wildman–Crippen MR) is 121 cm³/mol. The van der Waals surface area contributed by atoms with Crippen LogP contribution in [0.2, 0.25) is 0 Å². The van der Waals surface area contributed by atoms with Gasteiger partial charge in [-0.05, 0) is 42.6 Å². The van der Waals surface area contributed by atoms with Gasteiger partial charge in [0.25, 0.3) is 5.91 Å². The van der Waals surface area contributed by atoms with Gasteiger partial charge in [0.1, 0.15) is 6.04 Å². The van der Waals surface area contributed by atoms with Crippen molar-refractivity contribution in [3.63, 3.8) is 0 Å². The molecule has 0 spiro atoms. The van der Waals surface area contributed by atoms with E-state index in [0.717, 1.165) is 26.9 Å². The Morgan fingerprint density at radius 1 is 0.968 bits per heavy atom. The minimum absolute atomic E-state index is 0.343. The lowest BCUT2D eigenvalue weighted by atomic mass is 9.97. The van der Waals surface area contributed by atoms with Crippen molar-refractivity contribution in [3.8, 4) is 0 Å². The number of amides is 2. The Bertz CT molecular complexity index is 1130. The SMILES string of the molecule is CNC(Cc1cccc2c(N(C)c3ccccc3C(=O)N(C)C=O)cccc12)C(=O)O. The number of carboxylic acid groups (broad SMARTS) is 1. The van der Waals surface area contributed by atoms with Gasteiger partial charge < -0.3 is 15.3 Å². The minimum Gasteiger partial charge on any atom is -0.480 e. The van der Waals surface area contributed by atoms with Crippen molar-refractivity contribution >= 4 is 40.4 Å². The number of hydrogen-bond donors (Lipinski definition) is 2. The highest BCUT2D eigenvalue weighted by Gasteiger charge is 2.20. The van der Waals surface area contributed by atoms with Crippen LogP contribution in [0, 0.1) is 0 Å². The number of rotatable bonds is 8. The highest BCUT2D eigenvalue weighted by molar-refractivity contribution is 6.06. The molecule has 0 fully saturated rings. The first-order valence-corrected chi connectivity index (χ1v) is 9.85. The van der Waals surface area contributed by atoms with Gasteiger partial charge in [-0.25, -0.2) is 0 Å². The van der Waals surface area contributed by atoms with E-state index < -0.39 is 17.9 Å². The Balaban J connectivity index is 2.09. The zero-order chi connectivity index (χ0) is 22.5. The molecule has 160 valence electrons. The average molecular weight is 419 g/mol. The molecule has 0 heterocycles. The average Bonchev–Trinajstić information content (AvgIpc) is 2.80. The van der Waals surface area contributed by atoms with E-state index >= 15 is 0 Å². The highest BCUT2D eigenvalue weighted by atomic mass is 16.4. The number of carbonyl (C=O) groups is 3. The standard InChI is InChI=1S/C24H25N3O4/c1-25-20(24(30)31)14-16-8-6-11-18-17(16)10-7-13-21(18)27(3)22-12-5-4-9-19(22)23(29)26(2)15-28/h4-13,15,20,25H,14H2,1-3H3,(H,30,31). The molecule has 2 amide bonds. The topological polar surface area (TPSA) is 90.0 Å². The van der Waals surface area contributed by atoms with Gasteiger partial charge in [-0.15, -0.1) is 0 Å². The van der Waals surface area contributed by atoms with E-state index in [0.29, 0.717) is 24.1 Å². The van der Waals surface area contributed by atoms with Crippen LogP contribution in [0.15, 0.2) is 60.7 Å². The van der Waals surface area contributed by atoms with E-state index in [4.69, 9.17) is 0 Å². The summed E-state index contributed by atoms with van der Waals surface area (Å²) in [5.74, 6) is -1.30. The molecule has 31 heavy (non-hydrogen) atoms. The first kappa shape index (κ1) is 22.0. The molecular weight excluding hydrogens is 394 g/mol. The zero-order valence-electron chi connectivity index (χ0n) is 17.7. The molecule has 2 N–H and O–H groups in total. The first-order valence-electron chi connectivity index (χ1n) is 9.85. The molecule has 0 aliphatic heterocycles. The summed E-state index contributed by atoms with van der Waals surface area (Å²) in [7, 11) is 4.92. The quantitative estimate of drug-likeness (QED) is 0.546. The molecule has 7 nitrogen and oxygen atoms in total. The number of hydrogen-bond acceptors (Lipinski definition) is 5. The summed E-state index contributed by atoms with van der Waals surface area (Å²) in [6.07, 6.45) is 0.833. The molecule has 3 aromatic rings. The van der Waals surface area contributed by atoms with Crippen molar-refractivity contribution in [2.75, 3.05) is 26.0 Å². The number of carboxylic acids is 1. The van der Waals surface area contributed by atoms with Crippen LogP contribution in [0.1, 0.15) is 15.9 Å². The van der Waals surface area contributed by atoms with E-state index in [1.807, 2.05) is 60.5 Å². The Morgan fingerprint density at radius 3 is 2.29 bits per heavy atom. The van der Waals surface area contributed by atoms with Gasteiger partial charge in [-0.3, -0.25) is 19.3 Å². The molecule has 0 radical (unpaired) electrons. The Morgan fingerprint density at radius 2 is 1.61 bits per heavy atom. The number of nitrogens with one attached hydrogen (secondary N) is 1. The number of likely N-dealkylation sites (N-methyl/N-ethyl adjacent to an activating group) is 1. The molecule has 0 aliphatic rings. The number of imide groups is 1. The fourth-order valence-electron chi connectivity index (χ4n) is 3.68. The van der Waals surface area contributed by atoms with Crippen LogP contribution < -0.4 is 10.2 Å². The summed E-state index contributed by atoms with van der Waals surface area (Å²) in [6, 6.07) is 18.1. The monoisotopic (exact) mass is 419 g/mol. The van der Waals surface area contributed by atoms with E-state index in [9.17, 15) is 19.5 Å². The van der Waals surface area contributed by atoms with Crippen LogP contribution in [-0.4, -0.2) is 55.5 Å². The molecular formula is C24H25N3O4. The third kappa shape index (κ3) is 4.41. The molecule has 3 aromatic carbocycles. The lowest BCUT2D eigenvalue weighted by molar-refractivity contribution is -0.139. The maximum atomic E-state index is 12.7. The summed E-state index contributed by atoms with van der Waals surface area (Å²) < 4.78 is 0. The summed E-state index contributed by atoms with van der Waals surface area (Å²) in [5.41, 5.74) is 2.86. The summed E-state index contributed by atoms with van der Waals surface area (Å²) >= 11 is 0. The molecule has 3 rings (SSSR count). The molecule has 0 saturated heterocycles. The van der Waals surface area contributed by atoms with Crippen LogP contribution in [0.5, 0.6) is 0 Å². The summed E-state index contributed by atoms with van der Waals surface area (Å²) in [6.45, 7) is 0. The van der Waals surface area contributed by atoms with Crippen molar-refractivity contribution in [3.05, 3.63) is 71.8 Å². The van der Waals surface area contributed by atoms with E-state index in [-0.39, 0.29) is 0 Å². The van der Waals surface area contributed by atoms with E-state index in [2.05, 4.69) is 5.32 Å². The number of anilines is 2. The third-order valence-corrected chi connectivity index (χ3v) is 5.40. The first-order chi connectivity index (χ1) is 14.9. The Labute approximate surface area is 180 Å². The lowest BCUT2D eigenvalue weighted by Gasteiger charge is -2.25. The van der Waals surface area contributed by atoms with Gasteiger partial charge in [-0.1, -0.05) is 42.5 Å². The van der Waals surface area contributed by atoms with Crippen LogP contribution in [0.4, 0.5) is 11.4 Å². The van der Waals surface area contributed by atoms with Gasteiger partial charge in [0.2, 0.25) is 6.41 Å². The van der Waals surface area contributed by atoms with E-state index in [1.54, 1.807) is 19.2 Å². The summed E-state index contributed by atoms with van der Waals surface area (Å²) in [4.78, 5) is 38.2. The van der Waals surface area contributed by atoms with Crippen molar-refractivity contribution in [2.24, 2.45) is 0 Å². The van der Waals surface area contributed by atoms with Gasteiger partial charge >= 0.3 is 5.97 Å². The number of carbonyl (C=O) groups excluding carboxylic acids is 2. The highest BCUT2D eigenvalue weighted by Crippen LogP contribution is 2.34. The fourth-order valence-corrected chi connectivity index (χ4v) is 3.68. The third-order valence-electron chi connectivity index (χ3n) is 5.40. The molecule has 1 unspecified atom stereocenters. The number of benzene rings is 3. The maximum absolute atomic E-state index is 12.7. The number of aliphatic carboxylic acids is 1. The van der Waals surface area contributed by atoms with Gasteiger partial charge in [0, 0.05) is 25.2 Å². The summed E-state index contributed by atoms with van der Waals surface area (Å²) in [5, 5.41) is 14.1. The lowest BCUT2D eigenvalue weighted by Crippen LogP contribution is -2.35. The van der Waals surface area contributed by atoms with Gasteiger partial charge in [-0.2, -0.15) is 0 Å². The second kappa shape index (κ2) is 9.40.